The number of nitrogens with one attached hydrogen (secondary N) is 1. The van der Waals surface area contributed by atoms with Crippen molar-refractivity contribution < 1.29 is 14.2 Å². The molecule has 29 heavy (non-hydrogen) atoms. The number of para-hydroxylation sites is 2. The lowest BCUT2D eigenvalue weighted by molar-refractivity contribution is 0.0366. The Labute approximate surface area is 171 Å². The fourth-order valence-electron chi connectivity index (χ4n) is 3.70. The second kappa shape index (κ2) is 9.15. The fourth-order valence-corrected chi connectivity index (χ4v) is 3.70. The minimum Gasteiger partial charge on any atom is -0.497 e. The Morgan fingerprint density at radius 1 is 1.03 bits per heavy atom. The molecule has 2 heterocycles. The van der Waals surface area contributed by atoms with Crippen molar-refractivity contribution >= 4 is 17.0 Å². The standard InChI is InChI=1S/C22H28N4O3/c1-27-18-7-8-21(28-2)17(15-18)16-23-22-24-19-5-3-4-6-20(19)26(22)10-9-25-11-13-29-14-12-25/h3-8,15H,9-14,16H2,1-2H3,(H,23,24). The van der Waals surface area contributed by atoms with Crippen molar-refractivity contribution in [2.24, 2.45) is 0 Å². The van der Waals surface area contributed by atoms with Crippen LogP contribution in [0.1, 0.15) is 5.56 Å². The number of nitrogens with zero attached hydrogens (tertiary/aromatic N) is 3. The first kappa shape index (κ1) is 19.5. The van der Waals surface area contributed by atoms with Crippen LogP contribution in [0.4, 0.5) is 5.95 Å². The zero-order chi connectivity index (χ0) is 20.1. The molecule has 1 aliphatic heterocycles. The second-order valence-electron chi connectivity index (χ2n) is 7.06. The quantitative estimate of drug-likeness (QED) is 0.632. The lowest BCUT2D eigenvalue weighted by Gasteiger charge is -2.27. The van der Waals surface area contributed by atoms with Gasteiger partial charge in [0.2, 0.25) is 5.95 Å². The van der Waals surface area contributed by atoms with Crippen LogP contribution < -0.4 is 14.8 Å². The van der Waals surface area contributed by atoms with Crippen LogP contribution in [0.15, 0.2) is 42.5 Å². The maximum atomic E-state index is 5.51. The second-order valence-corrected chi connectivity index (χ2v) is 7.06. The number of anilines is 1. The minimum absolute atomic E-state index is 0.598. The Morgan fingerprint density at radius 3 is 2.66 bits per heavy atom. The molecule has 1 aromatic heterocycles. The van der Waals surface area contributed by atoms with Crippen molar-refractivity contribution in [1.29, 1.82) is 0 Å². The minimum atomic E-state index is 0.598. The van der Waals surface area contributed by atoms with E-state index in [0.717, 1.165) is 73.4 Å². The van der Waals surface area contributed by atoms with Crippen LogP contribution in [0, 0.1) is 0 Å². The monoisotopic (exact) mass is 396 g/mol. The molecule has 7 nitrogen and oxygen atoms in total. The van der Waals surface area contributed by atoms with Gasteiger partial charge in [-0.05, 0) is 30.3 Å². The molecule has 1 fully saturated rings. The number of benzene rings is 2. The molecule has 1 aliphatic rings. The van der Waals surface area contributed by atoms with E-state index in [4.69, 9.17) is 19.2 Å². The molecule has 0 unspecified atom stereocenters. The zero-order valence-corrected chi connectivity index (χ0v) is 17.1. The van der Waals surface area contributed by atoms with Gasteiger partial charge in [-0.15, -0.1) is 0 Å². The first-order valence-corrected chi connectivity index (χ1v) is 9.98. The van der Waals surface area contributed by atoms with Crippen molar-refractivity contribution in [3.8, 4) is 11.5 Å². The lowest BCUT2D eigenvalue weighted by Crippen LogP contribution is -2.38. The molecule has 0 radical (unpaired) electrons. The van der Waals surface area contributed by atoms with Crippen LogP contribution in [0.25, 0.3) is 11.0 Å². The maximum absolute atomic E-state index is 5.51. The Balaban J connectivity index is 1.55. The Morgan fingerprint density at radius 2 is 1.86 bits per heavy atom. The molecule has 7 heteroatoms. The van der Waals surface area contributed by atoms with E-state index in [9.17, 15) is 0 Å². The van der Waals surface area contributed by atoms with E-state index in [1.165, 1.54) is 0 Å². The van der Waals surface area contributed by atoms with E-state index in [0.29, 0.717) is 6.54 Å². The first-order chi connectivity index (χ1) is 14.3. The van der Waals surface area contributed by atoms with Crippen LogP contribution in [0.2, 0.25) is 0 Å². The van der Waals surface area contributed by atoms with Crippen molar-refractivity contribution in [3.63, 3.8) is 0 Å². The van der Waals surface area contributed by atoms with Gasteiger partial charge in [-0.3, -0.25) is 4.90 Å². The molecule has 4 rings (SSSR count). The van der Waals surface area contributed by atoms with Crippen molar-refractivity contribution in [2.75, 3.05) is 52.4 Å². The predicted molar refractivity (Wildman–Crippen MR) is 114 cm³/mol. The molecule has 0 aliphatic carbocycles. The number of rotatable bonds is 8. The zero-order valence-electron chi connectivity index (χ0n) is 17.1. The molecule has 0 saturated carbocycles. The summed E-state index contributed by atoms with van der Waals surface area (Å²) in [5.41, 5.74) is 3.16. The van der Waals surface area contributed by atoms with Crippen LogP contribution in [-0.4, -0.2) is 61.5 Å². The summed E-state index contributed by atoms with van der Waals surface area (Å²) in [4.78, 5) is 7.26. The summed E-state index contributed by atoms with van der Waals surface area (Å²) in [6.07, 6.45) is 0. The largest absolute Gasteiger partial charge is 0.497 e. The van der Waals surface area contributed by atoms with Gasteiger partial charge in [0, 0.05) is 38.3 Å². The van der Waals surface area contributed by atoms with Gasteiger partial charge < -0.3 is 24.1 Å². The summed E-state index contributed by atoms with van der Waals surface area (Å²) < 4.78 is 18.6. The van der Waals surface area contributed by atoms with Crippen LogP contribution in [0.5, 0.6) is 11.5 Å². The molecular formula is C22H28N4O3. The summed E-state index contributed by atoms with van der Waals surface area (Å²) in [5, 5.41) is 3.51. The molecule has 154 valence electrons. The summed E-state index contributed by atoms with van der Waals surface area (Å²) in [7, 11) is 3.35. The number of aromatic nitrogens is 2. The Bertz CT molecular complexity index is 950. The molecular weight excluding hydrogens is 368 g/mol. The normalized spacial score (nSPS) is 14.8. The number of morpholine rings is 1. The Kier molecular flexibility index (Phi) is 6.17. The van der Waals surface area contributed by atoms with Gasteiger partial charge in [0.1, 0.15) is 11.5 Å². The van der Waals surface area contributed by atoms with Crippen molar-refractivity contribution in [2.45, 2.75) is 13.1 Å². The highest BCUT2D eigenvalue weighted by Gasteiger charge is 2.15. The summed E-state index contributed by atoms with van der Waals surface area (Å²) >= 11 is 0. The SMILES string of the molecule is COc1ccc(OC)c(CNc2nc3ccccc3n2CCN2CCOCC2)c1. The maximum Gasteiger partial charge on any atom is 0.204 e. The van der Waals surface area contributed by atoms with Gasteiger partial charge in [-0.1, -0.05) is 12.1 Å². The average Bonchev–Trinajstić information content (AvgIpc) is 3.14. The van der Waals surface area contributed by atoms with E-state index in [1.807, 2.05) is 24.3 Å². The van der Waals surface area contributed by atoms with Crippen LogP contribution in [-0.2, 0) is 17.8 Å². The highest BCUT2D eigenvalue weighted by molar-refractivity contribution is 5.78. The Hall–Kier alpha value is -2.77. The number of fused-ring (bicyclic) bond motifs is 1. The van der Waals surface area contributed by atoms with Crippen molar-refractivity contribution in [3.05, 3.63) is 48.0 Å². The highest BCUT2D eigenvalue weighted by Crippen LogP contribution is 2.26. The third kappa shape index (κ3) is 4.46. The number of hydrogen-bond donors (Lipinski definition) is 1. The number of methoxy groups -OCH3 is 2. The topological polar surface area (TPSA) is 60.8 Å². The number of ether oxygens (including phenoxy) is 3. The fraction of sp³-hybridized carbons (Fsp3) is 0.409. The first-order valence-electron chi connectivity index (χ1n) is 9.98. The van der Waals surface area contributed by atoms with Gasteiger partial charge in [-0.2, -0.15) is 0 Å². The van der Waals surface area contributed by atoms with E-state index in [2.05, 4.69) is 33.0 Å². The third-order valence-electron chi connectivity index (χ3n) is 5.32. The van der Waals surface area contributed by atoms with E-state index in [1.54, 1.807) is 14.2 Å². The molecule has 0 bridgehead atoms. The van der Waals surface area contributed by atoms with Crippen LogP contribution in [0.3, 0.4) is 0 Å². The van der Waals surface area contributed by atoms with E-state index >= 15 is 0 Å². The number of imidazole rings is 1. The third-order valence-corrected chi connectivity index (χ3v) is 5.32. The molecule has 3 aromatic rings. The predicted octanol–water partition coefficient (Wildman–Crippen LogP) is 3.00. The number of hydrogen-bond acceptors (Lipinski definition) is 6. The summed E-state index contributed by atoms with van der Waals surface area (Å²) in [5.74, 6) is 2.50. The average molecular weight is 396 g/mol. The van der Waals surface area contributed by atoms with Gasteiger partial charge >= 0.3 is 0 Å². The molecule has 2 aromatic carbocycles. The summed E-state index contributed by atoms with van der Waals surface area (Å²) in [6.45, 7) is 6.03. The van der Waals surface area contributed by atoms with Crippen LogP contribution >= 0.6 is 0 Å². The van der Waals surface area contributed by atoms with Gasteiger partial charge in [-0.25, -0.2) is 4.98 Å². The molecule has 1 N–H and O–H groups in total. The summed E-state index contributed by atoms with van der Waals surface area (Å²) in [6, 6.07) is 14.1. The molecule has 0 atom stereocenters. The molecule has 1 saturated heterocycles. The van der Waals surface area contributed by atoms with Gasteiger partial charge in [0.25, 0.3) is 0 Å². The van der Waals surface area contributed by atoms with Gasteiger partial charge in [0.15, 0.2) is 0 Å². The van der Waals surface area contributed by atoms with Gasteiger partial charge in [0.05, 0.1) is 38.5 Å². The van der Waals surface area contributed by atoms with E-state index < -0.39 is 0 Å². The highest BCUT2D eigenvalue weighted by atomic mass is 16.5. The molecule has 0 spiro atoms. The lowest BCUT2D eigenvalue weighted by atomic mass is 10.2. The van der Waals surface area contributed by atoms with E-state index in [-0.39, 0.29) is 0 Å². The smallest absolute Gasteiger partial charge is 0.204 e. The molecule has 0 amide bonds. The van der Waals surface area contributed by atoms with Crippen molar-refractivity contribution in [1.82, 2.24) is 14.5 Å².